The second-order valence-corrected chi connectivity index (χ2v) is 7.02. The number of anilines is 1. The summed E-state index contributed by atoms with van der Waals surface area (Å²) in [6.45, 7) is 7.77. The van der Waals surface area contributed by atoms with Crippen molar-refractivity contribution >= 4 is 23.9 Å². The van der Waals surface area contributed by atoms with Crippen molar-refractivity contribution in [3.8, 4) is 0 Å². The minimum atomic E-state index is -0.135. The molecule has 0 fully saturated rings. The molecule has 1 unspecified atom stereocenters. The van der Waals surface area contributed by atoms with E-state index < -0.39 is 0 Å². The van der Waals surface area contributed by atoms with E-state index in [0.29, 0.717) is 5.56 Å². The molecule has 1 amide bonds. The van der Waals surface area contributed by atoms with Gasteiger partial charge in [-0.05, 0) is 48.5 Å². The van der Waals surface area contributed by atoms with Crippen LogP contribution in [0.4, 0.5) is 5.69 Å². The zero-order chi connectivity index (χ0) is 20.8. The van der Waals surface area contributed by atoms with Gasteiger partial charge in [0.1, 0.15) is 7.05 Å². The van der Waals surface area contributed by atoms with E-state index in [1.165, 1.54) is 0 Å². The average molecular weight is 386 g/mol. The largest absolute Gasteiger partial charge is 0.683 e. The van der Waals surface area contributed by atoms with Gasteiger partial charge < -0.3 is 16.0 Å². The molecule has 0 saturated heterocycles. The van der Waals surface area contributed by atoms with Crippen LogP contribution < -0.4 is 10.6 Å². The van der Waals surface area contributed by atoms with Gasteiger partial charge in [0.15, 0.2) is 18.1 Å². The van der Waals surface area contributed by atoms with Crippen LogP contribution in [0.1, 0.15) is 40.0 Å². The molecule has 0 spiro atoms. The predicted molar refractivity (Wildman–Crippen MR) is 120 cm³/mol. The number of hydrogen-bond acceptors (Lipinski definition) is 2. The Morgan fingerprint density at radius 3 is 2.72 bits per heavy atom. The summed E-state index contributed by atoms with van der Waals surface area (Å²) in [5, 5.41) is 10.7. The van der Waals surface area contributed by atoms with Crippen molar-refractivity contribution in [3.05, 3.63) is 101 Å². The maximum absolute atomic E-state index is 12.6. The fraction of sp³-hybridized carbons (Fsp3) is 0.167. The second-order valence-electron chi connectivity index (χ2n) is 7.02. The van der Waals surface area contributed by atoms with Gasteiger partial charge >= 0.3 is 0 Å². The minimum absolute atomic E-state index is 0.0268. The maximum atomic E-state index is 12.6. The molecule has 1 aliphatic rings. The van der Waals surface area contributed by atoms with Crippen LogP contribution in [-0.4, -0.2) is 23.7 Å². The molecule has 0 saturated carbocycles. The number of allylic oxidation sites excluding steroid dienone is 1. The number of carbonyl (C=O) groups excluding carboxylic acids is 1. The summed E-state index contributed by atoms with van der Waals surface area (Å²) < 4.78 is 1.98. The first-order valence-corrected chi connectivity index (χ1v) is 9.51. The van der Waals surface area contributed by atoms with E-state index in [4.69, 9.17) is 0 Å². The number of nitrogens with zero attached hydrogens (tertiary/aromatic N) is 2. The van der Waals surface area contributed by atoms with Crippen molar-refractivity contribution in [1.29, 1.82) is 0 Å². The first-order chi connectivity index (χ1) is 14.0. The lowest BCUT2D eigenvalue weighted by Crippen LogP contribution is -2.21. The van der Waals surface area contributed by atoms with Crippen LogP contribution in [0.5, 0.6) is 0 Å². The van der Waals surface area contributed by atoms with E-state index in [1.54, 1.807) is 12.3 Å². The summed E-state index contributed by atoms with van der Waals surface area (Å²) in [5.41, 5.74) is 5.50. The van der Waals surface area contributed by atoms with Gasteiger partial charge in [-0.15, -0.1) is 0 Å². The number of aryl methyl sites for hydroxylation is 1. The molecule has 1 heterocycles. The van der Waals surface area contributed by atoms with E-state index in [0.717, 1.165) is 28.1 Å². The highest BCUT2D eigenvalue weighted by atomic mass is 16.1. The van der Waals surface area contributed by atoms with E-state index in [1.807, 2.05) is 86.5 Å². The van der Waals surface area contributed by atoms with Crippen molar-refractivity contribution in [3.63, 3.8) is 0 Å². The van der Waals surface area contributed by atoms with E-state index in [9.17, 15) is 4.79 Å². The van der Waals surface area contributed by atoms with Crippen molar-refractivity contribution in [1.82, 2.24) is 5.32 Å². The molecule has 2 N–H and O–H groups in total. The van der Waals surface area contributed by atoms with E-state index >= 15 is 0 Å². The Kier molecular flexibility index (Phi) is 6.29. The number of rotatable bonds is 8. The van der Waals surface area contributed by atoms with Crippen LogP contribution in [-0.2, 0) is 0 Å². The fourth-order valence-corrected chi connectivity index (χ4v) is 3.02. The summed E-state index contributed by atoms with van der Waals surface area (Å²) in [7, 11) is 1.98. The van der Waals surface area contributed by atoms with Crippen molar-refractivity contribution in [2.75, 3.05) is 12.4 Å². The fourth-order valence-electron chi connectivity index (χ4n) is 3.02. The van der Waals surface area contributed by atoms with E-state index in [-0.39, 0.29) is 11.9 Å². The third-order valence-electron chi connectivity index (χ3n) is 4.70. The Labute approximate surface area is 172 Å². The lowest BCUT2D eigenvalue weighted by Gasteiger charge is -2.26. The van der Waals surface area contributed by atoms with Crippen LogP contribution in [0, 0.1) is 6.92 Å². The quantitative estimate of drug-likeness (QED) is 0.631. The van der Waals surface area contributed by atoms with Gasteiger partial charge in [-0.2, -0.15) is 6.20 Å². The molecule has 1 atom stereocenters. The molecule has 5 heteroatoms. The Morgan fingerprint density at radius 1 is 1.24 bits per heavy atom. The monoisotopic (exact) mass is 386 g/mol. The molecule has 2 aromatic rings. The molecule has 2 aromatic carbocycles. The molecular formula is C24H26N4O. The third kappa shape index (κ3) is 5.23. The molecule has 3 rings (SSSR count). The Balaban J connectivity index is 1.59. The lowest BCUT2D eigenvalue weighted by atomic mass is 10.0. The molecule has 148 valence electrons. The average Bonchev–Trinajstić information content (AvgIpc) is 2.69. The summed E-state index contributed by atoms with van der Waals surface area (Å²) in [6.07, 6.45) is 9.34. The molecule has 29 heavy (non-hydrogen) atoms. The van der Waals surface area contributed by atoms with E-state index in [2.05, 4.69) is 22.5 Å². The van der Waals surface area contributed by atoms with Gasteiger partial charge in [0.25, 0.3) is 5.91 Å². The second kappa shape index (κ2) is 9.06. The number of hydrogen-bond donors (Lipinski definition) is 2. The predicted octanol–water partition coefficient (Wildman–Crippen LogP) is 4.95. The maximum Gasteiger partial charge on any atom is 0.255 e. The van der Waals surface area contributed by atoms with Crippen LogP contribution >= 0.6 is 0 Å². The molecular weight excluding hydrogens is 360 g/mol. The van der Waals surface area contributed by atoms with Gasteiger partial charge in [0.05, 0.1) is 0 Å². The van der Waals surface area contributed by atoms with Gasteiger partial charge in [0.2, 0.25) is 0 Å². The summed E-state index contributed by atoms with van der Waals surface area (Å²) >= 11 is 0. The molecule has 0 aliphatic carbocycles. The van der Waals surface area contributed by atoms with Gasteiger partial charge in [0, 0.05) is 11.3 Å². The summed E-state index contributed by atoms with van der Waals surface area (Å²) in [5.74, 6) is -0.135. The first kappa shape index (κ1) is 20.1. The molecule has 5 nitrogen and oxygen atoms in total. The van der Waals surface area contributed by atoms with Crippen LogP contribution in [0.15, 0.2) is 73.3 Å². The SMILES string of the molecule is C=Cc1ccc(C(=O)Nc2cccc(C(C)[N-]C=CNC3=C[N+](C)=C3)c2)cc1C. The van der Waals surface area contributed by atoms with Crippen LogP contribution in [0.3, 0.4) is 0 Å². The zero-order valence-corrected chi connectivity index (χ0v) is 17.0. The number of carbonyl (C=O) groups is 1. The molecule has 1 aliphatic heterocycles. The number of nitrogens with one attached hydrogen (secondary N) is 2. The highest BCUT2D eigenvalue weighted by Crippen LogP contribution is 2.24. The third-order valence-corrected chi connectivity index (χ3v) is 4.70. The van der Waals surface area contributed by atoms with Crippen molar-refractivity contribution in [2.24, 2.45) is 0 Å². The normalized spacial score (nSPS) is 13.8. The van der Waals surface area contributed by atoms with Crippen molar-refractivity contribution < 1.29 is 9.37 Å². The molecule has 0 aromatic heterocycles. The number of benzene rings is 2. The standard InChI is InChI=1S/C24H26N4O/c1-5-19-9-10-21(13-17(19)2)24(29)27-22-8-6-7-20(14-22)18(3)25-11-12-26-23-15-28(4)16-23/h5-16,18,26H,1H2,2-4H3,(H,27,29). The Morgan fingerprint density at radius 2 is 2.03 bits per heavy atom. The van der Waals surface area contributed by atoms with Gasteiger partial charge in [-0.25, -0.2) is 4.58 Å². The van der Waals surface area contributed by atoms with Gasteiger partial charge in [-0.3, -0.25) is 4.79 Å². The Bertz CT molecular complexity index is 1020. The Hall–Kier alpha value is -3.60. The smallest absolute Gasteiger partial charge is 0.255 e. The summed E-state index contributed by atoms with van der Waals surface area (Å²) in [4.78, 5) is 12.6. The highest BCUT2D eigenvalue weighted by Gasteiger charge is 2.09. The lowest BCUT2D eigenvalue weighted by molar-refractivity contribution is -0.429. The first-order valence-electron chi connectivity index (χ1n) is 9.51. The molecule has 0 radical (unpaired) electrons. The highest BCUT2D eigenvalue weighted by molar-refractivity contribution is 6.04. The van der Waals surface area contributed by atoms with Crippen LogP contribution in [0.25, 0.3) is 11.4 Å². The minimum Gasteiger partial charge on any atom is -0.683 e. The summed E-state index contributed by atoms with van der Waals surface area (Å²) in [6, 6.07) is 13.3. The number of amides is 1. The zero-order valence-electron chi connectivity index (χ0n) is 17.0. The van der Waals surface area contributed by atoms with Gasteiger partial charge in [-0.1, -0.05) is 49.4 Å². The van der Waals surface area contributed by atoms with Crippen molar-refractivity contribution in [2.45, 2.75) is 19.9 Å². The molecule has 0 bridgehead atoms. The topological polar surface area (TPSA) is 58.2 Å². The van der Waals surface area contributed by atoms with Crippen LogP contribution in [0.2, 0.25) is 0 Å².